The number of benzene rings is 2. The minimum absolute atomic E-state index is 0.0125. The van der Waals surface area contributed by atoms with E-state index in [0.717, 1.165) is 40.8 Å². The van der Waals surface area contributed by atoms with Crippen molar-refractivity contribution < 1.29 is 38.3 Å². The number of aryl methyl sites for hydroxylation is 1. The van der Waals surface area contributed by atoms with Crippen molar-refractivity contribution in [1.82, 2.24) is 15.0 Å². The lowest BCUT2D eigenvalue weighted by atomic mass is 9.90. The zero-order chi connectivity index (χ0) is 27.9. The second-order valence-electron chi connectivity index (χ2n) is 10.2. The molecule has 1 aliphatic heterocycles. The minimum Gasteiger partial charge on any atom is -0.394 e. The molecule has 1 saturated carbocycles. The number of ether oxygens (including phenoxy) is 1. The fraction of sp³-hybridized carbons (Fsp3) is 0.481. The van der Waals surface area contributed by atoms with Gasteiger partial charge in [0.2, 0.25) is 0 Å². The first-order valence-electron chi connectivity index (χ1n) is 12.8. The Bertz CT molecular complexity index is 1300. The van der Waals surface area contributed by atoms with E-state index in [0.29, 0.717) is 12.8 Å². The van der Waals surface area contributed by atoms with Gasteiger partial charge in [-0.3, -0.25) is 0 Å². The predicted octanol–water partition coefficient (Wildman–Crippen LogP) is 3.43. The Balaban J connectivity index is 1.47. The fourth-order valence-electron chi connectivity index (χ4n) is 5.50. The van der Waals surface area contributed by atoms with Crippen molar-refractivity contribution in [2.75, 3.05) is 6.61 Å². The predicted molar refractivity (Wildman–Crippen MR) is 137 cm³/mol. The number of aromatic nitrogens is 3. The van der Waals surface area contributed by atoms with Crippen molar-refractivity contribution in [2.45, 2.75) is 73.2 Å². The molecule has 2 fully saturated rings. The van der Waals surface area contributed by atoms with Crippen LogP contribution in [0.25, 0.3) is 11.3 Å². The molecule has 0 spiro atoms. The van der Waals surface area contributed by atoms with Crippen molar-refractivity contribution in [1.29, 1.82) is 0 Å². The average molecular weight is 566 g/mol. The number of hydrogen-bond donors (Lipinski definition) is 4. The summed E-state index contributed by atoms with van der Waals surface area (Å²) >= 11 is 1.22. The second kappa shape index (κ2) is 11.2. The van der Waals surface area contributed by atoms with Crippen LogP contribution in [0, 0.1) is 24.4 Å². The van der Waals surface area contributed by atoms with Crippen LogP contribution in [0.4, 0.5) is 13.2 Å². The molecule has 4 N–H and O–H groups in total. The maximum absolute atomic E-state index is 13.8. The van der Waals surface area contributed by atoms with Gasteiger partial charge in [-0.05, 0) is 43.0 Å². The summed E-state index contributed by atoms with van der Waals surface area (Å²) < 4.78 is 48.1. The standard InChI is InChI=1S/C27H30F3N3O5S/c1-14-6-2-3-7-16(14)25(27(37)8-4-5-9-27)39-26-24(36)22(23(35)20(13-34)38-26)33-12-19(31-32-33)15-10-17(28)21(30)18(29)11-15/h2-3,6-7,10-12,20,22-26,34-37H,4-5,8-9,13H2,1H3/t20-,22+,23+,24-,25+,26+/m1/s1. The molecule has 8 nitrogen and oxygen atoms in total. The summed E-state index contributed by atoms with van der Waals surface area (Å²) in [6.45, 7) is 1.39. The van der Waals surface area contributed by atoms with Gasteiger partial charge in [-0.1, -0.05) is 42.3 Å². The molecular weight excluding hydrogens is 535 g/mol. The number of rotatable bonds is 7. The lowest BCUT2D eigenvalue weighted by Crippen LogP contribution is -2.55. The molecule has 0 amide bonds. The van der Waals surface area contributed by atoms with Crippen molar-refractivity contribution in [3.05, 3.63) is 71.2 Å². The van der Waals surface area contributed by atoms with Crippen molar-refractivity contribution >= 4 is 11.8 Å². The van der Waals surface area contributed by atoms with Crippen LogP contribution in [0.5, 0.6) is 0 Å². The van der Waals surface area contributed by atoms with Crippen LogP contribution in [-0.2, 0) is 4.74 Å². The highest BCUT2D eigenvalue weighted by molar-refractivity contribution is 8.00. The van der Waals surface area contributed by atoms with Crippen LogP contribution in [0.3, 0.4) is 0 Å². The minimum atomic E-state index is -1.61. The topological polar surface area (TPSA) is 121 Å². The van der Waals surface area contributed by atoms with Gasteiger partial charge in [0.15, 0.2) is 17.5 Å². The molecule has 2 aromatic carbocycles. The third-order valence-electron chi connectivity index (χ3n) is 7.64. The van der Waals surface area contributed by atoms with E-state index in [9.17, 15) is 33.6 Å². The van der Waals surface area contributed by atoms with Crippen LogP contribution in [0.15, 0.2) is 42.6 Å². The van der Waals surface area contributed by atoms with Crippen LogP contribution >= 0.6 is 11.8 Å². The number of aliphatic hydroxyl groups excluding tert-OH is 3. The molecule has 0 bridgehead atoms. The molecule has 2 heterocycles. The molecule has 3 aromatic rings. The molecule has 6 atom stereocenters. The summed E-state index contributed by atoms with van der Waals surface area (Å²) in [6, 6.07) is 8.05. The SMILES string of the molecule is Cc1ccccc1[C@H](S[C@@H]1O[C@H](CO)[C@H](O)[C@H](n2cc(-c3cc(F)c(F)c(F)c3)nn2)[C@H]1O)C1(O)CCCC1. The van der Waals surface area contributed by atoms with Gasteiger partial charge in [-0.2, -0.15) is 0 Å². The third kappa shape index (κ3) is 5.33. The van der Waals surface area contributed by atoms with Gasteiger partial charge < -0.3 is 25.2 Å². The Morgan fingerprint density at radius 2 is 1.77 bits per heavy atom. The molecule has 1 saturated heterocycles. The Labute approximate surface area is 227 Å². The molecule has 5 rings (SSSR count). The molecular formula is C27H30F3N3O5S. The Hall–Kier alpha value is -2.48. The number of halogens is 3. The molecule has 1 aliphatic carbocycles. The van der Waals surface area contributed by atoms with E-state index in [1.165, 1.54) is 18.0 Å². The molecule has 2 aliphatic rings. The van der Waals surface area contributed by atoms with E-state index >= 15 is 0 Å². The smallest absolute Gasteiger partial charge is 0.194 e. The Kier molecular flexibility index (Phi) is 8.05. The van der Waals surface area contributed by atoms with Gasteiger partial charge in [0.25, 0.3) is 0 Å². The molecule has 0 radical (unpaired) electrons. The summed E-state index contributed by atoms with van der Waals surface area (Å²) in [7, 11) is 0. The van der Waals surface area contributed by atoms with E-state index in [2.05, 4.69) is 10.3 Å². The van der Waals surface area contributed by atoms with Crippen molar-refractivity contribution in [2.24, 2.45) is 0 Å². The lowest BCUT2D eigenvalue weighted by Gasteiger charge is -2.44. The van der Waals surface area contributed by atoms with Gasteiger partial charge in [-0.25, -0.2) is 17.9 Å². The number of hydrogen-bond acceptors (Lipinski definition) is 8. The van der Waals surface area contributed by atoms with Gasteiger partial charge in [0, 0.05) is 5.56 Å². The quantitative estimate of drug-likeness (QED) is 0.322. The highest BCUT2D eigenvalue weighted by Crippen LogP contribution is 2.51. The summed E-state index contributed by atoms with van der Waals surface area (Å²) in [6.07, 6.45) is 0.267. The Morgan fingerprint density at radius 1 is 1.10 bits per heavy atom. The summed E-state index contributed by atoms with van der Waals surface area (Å²) in [5.41, 5.74) is -0.261. The number of aliphatic hydroxyl groups is 4. The number of thioether (sulfide) groups is 1. The van der Waals surface area contributed by atoms with Crippen LogP contribution in [0.2, 0.25) is 0 Å². The first-order valence-corrected chi connectivity index (χ1v) is 13.7. The average Bonchev–Trinajstić information content (AvgIpc) is 3.57. The highest BCUT2D eigenvalue weighted by Gasteiger charge is 2.50. The van der Waals surface area contributed by atoms with E-state index in [1.807, 2.05) is 31.2 Å². The zero-order valence-corrected chi connectivity index (χ0v) is 21.9. The first kappa shape index (κ1) is 28.1. The van der Waals surface area contributed by atoms with E-state index < -0.39 is 64.7 Å². The lowest BCUT2D eigenvalue weighted by molar-refractivity contribution is -0.179. The fourth-order valence-corrected chi connectivity index (χ4v) is 7.20. The first-order chi connectivity index (χ1) is 18.6. The maximum Gasteiger partial charge on any atom is 0.194 e. The molecule has 0 unspecified atom stereocenters. The normalized spacial score (nSPS) is 27.5. The zero-order valence-electron chi connectivity index (χ0n) is 21.1. The van der Waals surface area contributed by atoms with Crippen LogP contribution in [0.1, 0.15) is 48.1 Å². The van der Waals surface area contributed by atoms with Crippen molar-refractivity contribution in [3.8, 4) is 11.3 Å². The van der Waals surface area contributed by atoms with E-state index in [4.69, 9.17) is 4.74 Å². The molecule has 1 aromatic heterocycles. The highest BCUT2D eigenvalue weighted by atomic mass is 32.2. The van der Waals surface area contributed by atoms with E-state index in [-0.39, 0.29) is 11.3 Å². The van der Waals surface area contributed by atoms with E-state index in [1.54, 1.807) is 0 Å². The maximum atomic E-state index is 13.8. The summed E-state index contributed by atoms with van der Waals surface area (Å²) in [5, 5.41) is 51.4. The van der Waals surface area contributed by atoms with Crippen LogP contribution < -0.4 is 0 Å². The Morgan fingerprint density at radius 3 is 2.41 bits per heavy atom. The molecule has 39 heavy (non-hydrogen) atoms. The molecule has 12 heteroatoms. The van der Waals surface area contributed by atoms with Gasteiger partial charge >= 0.3 is 0 Å². The van der Waals surface area contributed by atoms with Gasteiger partial charge in [-0.15, -0.1) is 16.9 Å². The van der Waals surface area contributed by atoms with Gasteiger partial charge in [0.1, 0.15) is 35.5 Å². The largest absolute Gasteiger partial charge is 0.394 e. The second-order valence-corrected chi connectivity index (χ2v) is 11.4. The summed E-state index contributed by atoms with van der Waals surface area (Å²) in [5.74, 6) is -4.40. The number of nitrogens with zero attached hydrogens (tertiary/aromatic N) is 3. The van der Waals surface area contributed by atoms with Crippen molar-refractivity contribution in [3.63, 3.8) is 0 Å². The molecule has 210 valence electrons. The third-order valence-corrected chi connectivity index (χ3v) is 9.27. The van der Waals surface area contributed by atoms with Crippen LogP contribution in [-0.4, -0.2) is 71.4 Å². The monoisotopic (exact) mass is 565 g/mol. The van der Waals surface area contributed by atoms with Gasteiger partial charge in [0.05, 0.1) is 23.7 Å². The summed E-state index contributed by atoms with van der Waals surface area (Å²) in [4.78, 5) is 0.